The fourth-order valence-corrected chi connectivity index (χ4v) is 4.11. The molecule has 1 heterocycles. The van der Waals surface area contributed by atoms with E-state index in [9.17, 15) is 4.79 Å². The van der Waals surface area contributed by atoms with Crippen LogP contribution in [-0.2, 0) is 11.3 Å². The van der Waals surface area contributed by atoms with Gasteiger partial charge in [0.1, 0.15) is 0 Å². The zero-order chi connectivity index (χ0) is 21.1. The molecule has 156 valence electrons. The van der Waals surface area contributed by atoms with Gasteiger partial charge in [-0.2, -0.15) is 0 Å². The second-order valence-electron chi connectivity index (χ2n) is 8.22. The van der Waals surface area contributed by atoms with Gasteiger partial charge in [0.25, 0.3) is 0 Å². The van der Waals surface area contributed by atoms with Crippen LogP contribution in [0.15, 0.2) is 36.4 Å². The third-order valence-electron chi connectivity index (χ3n) is 5.96. The van der Waals surface area contributed by atoms with Crippen molar-refractivity contribution in [3.8, 4) is 0 Å². The summed E-state index contributed by atoms with van der Waals surface area (Å²) in [5, 5.41) is 9.90. The first-order chi connectivity index (χ1) is 13.8. The smallest absolute Gasteiger partial charge is 0.309 e. The first-order valence-corrected chi connectivity index (χ1v) is 10.7. The second kappa shape index (κ2) is 9.19. The number of hydrogen-bond acceptors (Lipinski definition) is 3. The maximum atomic E-state index is 11.1. The number of aliphatic carboxylic acids is 1. The standard InChI is InChI=1S/C24H31ClN2O2/c1-5-10-27(22-8-9-23(25)17(3)11-22)18(4)19-7-6-16(2)20(12-19)13-26-14-21(15-26)24(28)29/h6-9,11-12,18,21H,5,10,13-15H2,1-4H3,(H,28,29). The molecule has 0 saturated carbocycles. The molecule has 2 aromatic carbocycles. The summed E-state index contributed by atoms with van der Waals surface area (Å²) in [6.45, 7) is 11.7. The van der Waals surface area contributed by atoms with E-state index >= 15 is 0 Å². The zero-order valence-corrected chi connectivity index (χ0v) is 18.5. The van der Waals surface area contributed by atoms with E-state index in [0.717, 1.165) is 30.1 Å². The van der Waals surface area contributed by atoms with Crippen LogP contribution in [0.4, 0.5) is 5.69 Å². The van der Waals surface area contributed by atoms with Crippen LogP contribution in [0.3, 0.4) is 0 Å². The number of halogens is 1. The Bertz CT molecular complexity index is 877. The van der Waals surface area contributed by atoms with Crippen LogP contribution < -0.4 is 4.90 Å². The van der Waals surface area contributed by atoms with Gasteiger partial charge < -0.3 is 10.0 Å². The number of rotatable bonds is 8. The molecule has 1 aliphatic rings. The molecule has 1 unspecified atom stereocenters. The molecule has 4 nitrogen and oxygen atoms in total. The number of hydrogen-bond donors (Lipinski definition) is 1. The number of anilines is 1. The molecular weight excluding hydrogens is 384 g/mol. The van der Waals surface area contributed by atoms with Crippen molar-refractivity contribution in [3.63, 3.8) is 0 Å². The average molecular weight is 415 g/mol. The number of carboxylic acid groups (broad SMARTS) is 1. The molecule has 3 rings (SSSR count). The summed E-state index contributed by atoms with van der Waals surface area (Å²) in [4.78, 5) is 15.7. The lowest BCUT2D eigenvalue weighted by Gasteiger charge is -2.37. The largest absolute Gasteiger partial charge is 0.481 e. The molecule has 0 aromatic heterocycles. The van der Waals surface area contributed by atoms with E-state index in [0.29, 0.717) is 13.1 Å². The second-order valence-corrected chi connectivity index (χ2v) is 8.63. The maximum absolute atomic E-state index is 11.1. The molecular formula is C24H31ClN2O2. The number of aryl methyl sites for hydroxylation is 2. The molecule has 1 saturated heterocycles. The minimum absolute atomic E-state index is 0.217. The number of benzene rings is 2. The highest BCUT2D eigenvalue weighted by Crippen LogP contribution is 2.31. The van der Waals surface area contributed by atoms with Crippen molar-refractivity contribution in [1.29, 1.82) is 0 Å². The monoisotopic (exact) mass is 414 g/mol. The van der Waals surface area contributed by atoms with E-state index in [2.05, 4.69) is 60.9 Å². The van der Waals surface area contributed by atoms with E-state index in [1.54, 1.807) is 0 Å². The van der Waals surface area contributed by atoms with Crippen LogP contribution in [0.1, 0.15) is 48.6 Å². The minimum atomic E-state index is -0.686. The average Bonchev–Trinajstić information content (AvgIpc) is 2.65. The molecule has 2 aromatic rings. The normalized spacial score (nSPS) is 15.8. The Morgan fingerprint density at radius 2 is 1.93 bits per heavy atom. The van der Waals surface area contributed by atoms with Crippen molar-refractivity contribution < 1.29 is 9.90 Å². The molecule has 0 spiro atoms. The Morgan fingerprint density at radius 3 is 2.55 bits per heavy atom. The van der Waals surface area contributed by atoms with Gasteiger partial charge in [0.2, 0.25) is 0 Å². The quantitative estimate of drug-likeness (QED) is 0.623. The topological polar surface area (TPSA) is 43.8 Å². The third-order valence-corrected chi connectivity index (χ3v) is 6.39. The van der Waals surface area contributed by atoms with Crippen molar-refractivity contribution in [1.82, 2.24) is 4.90 Å². The van der Waals surface area contributed by atoms with Gasteiger partial charge in [-0.3, -0.25) is 9.69 Å². The summed E-state index contributed by atoms with van der Waals surface area (Å²) in [5.74, 6) is -0.903. The maximum Gasteiger partial charge on any atom is 0.309 e. The van der Waals surface area contributed by atoms with Gasteiger partial charge in [-0.1, -0.05) is 36.7 Å². The fourth-order valence-electron chi connectivity index (χ4n) is 3.99. The highest BCUT2D eigenvalue weighted by molar-refractivity contribution is 6.31. The number of nitrogens with zero attached hydrogens (tertiary/aromatic N) is 2. The van der Waals surface area contributed by atoms with Gasteiger partial charge >= 0.3 is 5.97 Å². The van der Waals surface area contributed by atoms with E-state index in [4.69, 9.17) is 16.7 Å². The molecule has 0 radical (unpaired) electrons. The number of carboxylic acids is 1. The highest BCUT2D eigenvalue weighted by atomic mass is 35.5. The molecule has 29 heavy (non-hydrogen) atoms. The summed E-state index contributed by atoms with van der Waals surface area (Å²) in [5.41, 5.74) is 6.09. The van der Waals surface area contributed by atoms with Crippen molar-refractivity contribution in [2.24, 2.45) is 5.92 Å². The summed E-state index contributed by atoms with van der Waals surface area (Å²) >= 11 is 6.23. The summed E-state index contributed by atoms with van der Waals surface area (Å²) in [6, 6.07) is 13.2. The van der Waals surface area contributed by atoms with Crippen LogP contribution >= 0.6 is 11.6 Å². The Kier molecular flexibility index (Phi) is 6.86. The van der Waals surface area contributed by atoms with Gasteiger partial charge in [-0.25, -0.2) is 0 Å². The first-order valence-electron chi connectivity index (χ1n) is 10.4. The zero-order valence-electron chi connectivity index (χ0n) is 17.8. The van der Waals surface area contributed by atoms with Crippen LogP contribution in [0, 0.1) is 19.8 Å². The van der Waals surface area contributed by atoms with Crippen molar-refractivity contribution >= 4 is 23.3 Å². The van der Waals surface area contributed by atoms with Crippen LogP contribution in [0.2, 0.25) is 5.02 Å². The van der Waals surface area contributed by atoms with Gasteiger partial charge in [0.15, 0.2) is 0 Å². The Morgan fingerprint density at radius 1 is 1.21 bits per heavy atom. The molecule has 1 atom stereocenters. The summed E-state index contributed by atoms with van der Waals surface area (Å²) in [6.07, 6.45) is 1.06. The Labute approximate surface area is 179 Å². The van der Waals surface area contributed by atoms with Crippen molar-refractivity contribution in [3.05, 3.63) is 63.7 Å². The van der Waals surface area contributed by atoms with Gasteiger partial charge in [-0.05, 0) is 67.6 Å². The van der Waals surface area contributed by atoms with Crippen LogP contribution in [-0.4, -0.2) is 35.6 Å². The SMILES string of the molecule is CCCN(c1ccc(Cl)c(C)c1)C(C)c1ccc(C)c(CN2CC(C(=O)O)C2)c1. The van der Waals surface area contributed by atoms with E-state index in [-0.39, 0.29) is 12.0 Å². The van der Waals surface area contributed by atoms with Crippen LogP contribution in [0.5, 0.6) is 0 Å². The van der Waals surface area contributed by atoms with Gasteiger partial charge in [0, 0.05) is 36.9 Å². The molecule has 0 bridgehead atoms. The summed E-state index contributed by atoms with van der Waals surface area (Å²) < 4.78 is 0. The predicted molar refractivity (Wildman–Crippen MR) is 120 cm³/mol. The Balaban J connectivity index is 1.80. The highest BCUT2D eigenvalue weighted by Gasteiger charge is 2.32. The van der Waals surface area contributed by atoms with Crippen molar-refractivity contribution in [2.75, 3.05) is 24.5 Å². The Hall–Kier alpha value is -2.04. The number of carbonyl (C=O) groups is 1. The minimum Gasteiger partial charge on any atom is -0.481 e. The van der Waals surface area contributed by atoms with Gasteiger partial charge in [0.05, 0.1) is 12.0 Å². The van der Waals surface area contributed by atoms with E-state index in [1.807, 2.05) is 13.0 Å². The van der Waals surface area contributed by atoms with E-state index < -0.39 is 5.97 Å². The fraction of sp³-hybridized carbons (Fsp3) is 0.458. The lowest BCUT2D eigenvalue weighted by Crippen LogP contribution is -2.49. The first kappa shape index (κ1) is 21.7. The lowest BCUT2D eigenvalue weighted by molar-refractivity contribution is -0.147. The van der Waals surface area contributed by atoms with Gasteiger partial charge in [-0.15, -0.1) is 0 Å². The lowest BCUT2D eigenvalue weighted by atomic mass is 9.96. The molecule has 1 aliphatic heterocycles. The molecule has 1 fully saturated rings. The molecule has 1 N–H and O–H groups in total. The molecule has 0 amide bonds. The van der Waals surface area contributed by atoms with Crippen LogP contribution in [0.25, 0.3) is 0 Å². The summed E-state index contributed by atoms with van der Waals surface area (Å²) in [7, 11) is 0. The molecule has 0 aliphatic carbocycles. The van der Waals surface area contributed by atoms with Crippen molar-refractivity contribution in [2.45, 2.75) is 46.7 Å². The van der Waals surface area contributed by atoms with E-state index in [1.165, 1.54) is 22.4 Å². The third kappa shape index (κ3) is 4.93. The molecule has 5 heteroatoms. The predicted octanol–water partition coefficient (Wildman–Crippen LogP) is 5.45. The number of likely N-dealkylation sites (tertiary alicyclic amines) is 1.